The van der Waals surface area contributed by atoms with Gasteiger partial charge >= 0.3 is 6.18 Å². The maximum absolute atomic E-state index is 13.7. The number of fused-ring (bicyclic) bond motifs is 3. The highest BCUT2D eigenvalue weighted by molar-refractivity contribution is 5.85. The van der Waals surface area contributed by atoms with E-state index in [1.807, 2.05) is 6.92 Å². The summed E-state index contributed by atoms with van der Waals surface area (Å²) in [6.07, 6.45) is -1.98. The Morgan fingerprint density at radius 3 is 2.61 bits per heavy atom. The Kier molecular flexibility index (Phi) is 4.13. The molecule has 3 aromatic heterocycles. The van der Waals surface area contributed by atoms with Gasteiger partial charge in [-0.2, -0.15) is 18.4 Å². The predicted molar refractivity (Wildman–Crippen MR) is 101 cm³/mol. The largest absolute Gasteiger partial charge is 0.436 e. The lowest BCUT2D eigenvalue weighted by atomic mass is 10.1. The maximum atomic E-state index is 13.7. The fourth-order valence-corrected chi connectivity index (χ4v) is 4.16. The number of hydrogen-bond acceptors (Lipinski definition) is 6. The van der Waals surface area contributed by atoms with Crippen LogP contribution in [0.4, 0.5) is 13.2 Å². The van der Waals surface area contributed by atoms with Crippen LogP contribution in [-0.4, -0.2) is 41.7 Å². The van der Waals surface area contributed by atoms with Gasteiger partial charge in [0.15, 0.2) is 5.69 Å². The van der Waals surface area contributed by atoms with Crippen molar-refractivity contribution in [3.63, 3.8) is 0 Å². The molecule has 0 N–H and O–H groups in total. The van der Waals surface area contributed by atoms with Gasteiger partial charge < -0.3 is 4.74 Å². The first-order chi connectivity index (χ1) is 14.8. The lowest BCUT2D eigenvalue weighted by Gasteiger charge is -2.21. The number of hydrogen-bond donors (Lipinski definition) is 0. The molecule has 4 heterocycles. The van der Waals surface area contributed by atoms with Gasteiger partial charge in [-0.1, -0.05) is 17.3 Å². The SMILES string of the molecule is CC1OCCC1n1c(=O)c2c(-c3nnn(C#N)c3C(F)(F)F)ncn2c2ccccc21. The van der Waals surface area contributed by atoms with Crippen LogP contribution in [-0.2, 0) is 10.9 Å². The molecule has 0 spiro atoms. The second-order valence-electron chi connectivity index (χ2n) is 7.20. The molecule has 158 valence electrons. The van der Waals surface area contributed by atoms with E-state index < -0.39 is 23.1 Å². The minimum absolute atomic E-state index is 0.0757. The average Bonchev–Trinajstić information content (AvgIpc) is 3.45. The van der Waals surface area contributed by atoms with Crippen molar-refractivity contribution in [2.24, 2.45) is 0 Å². The van der Waals surface area contributed by atoms with Gasteiger partial charge in [-0.15, -0.1) is 9.78 Å². The molecule has 31 heavy (non-hydrogen) atoms. The zero-order valence-corrected chi connectivity index (χ0v) is 16.0. The van der Waals surface area contributed by atoms with Gasteiger partial charge in [0.1, 0.15) is 23.2 Å². The van der Waals surface area contributed by atoms with Crippen molar-refractivity contribution in [2.75, 3.05) is 6.61 Å². The summed E-state index contributed by atoms with van der Waals surface area (Å²) in [6, 6.07) is 6.78. The van der Waals surface area contributed by atoms with Crippen LogP contribution in [0.5, 0.6) is 0 Å². The first-order valence-electron chi connectivity index (χ1n) is 9.38. The third-order valence-corrected chi connectivity index (χ3v) is 5.52. The molecule has 4 aromatic rings. The topological polar surface area (TPSA) is 103 Å². The summed E-state index contributed by atoms with van der Waals surface area (Å²) in [6.45, 7) is 2.32. The van der Waals surface area contributed by atoms with Crippen LogP contribution in [0.1, 0.15) is 25.1 Å². The Labute approximate surface area is 171 Å². The fraction of sp³-hybridized carbons (Fsp3) is 0.316. The van der Waals surface area contributed by atoms with Crippen LogP contribution in [0, 0.1) is 11.5 Å². The quantitative estimate of drug-likeness (QED) is 0.485. The molecule has 1 saturated heterocycles. The molecule has 0 bridgehead atoms. The molecule has 1 aliphatic rings. The van der Waals surface area contributed by atoms with Crippen LogP contribution >= 0.6 is 0 Å². The Hall–Kier alpha value is -3.72. The Balaban J connectivity index is 1.89. The van der Waals surface area contributed by atoms with Crippen molar-refractivity contribution < 1.29 is 17.9 Å². The van der Waals surface area contributed by atoms with Crippen molar-refractivity contribution in [1.29, 1.82) is 5.26 Å². The average molecular weight is 429 g/mol. The van der Waals surface area contributed by atoms with Crippen molar-refractivity contribution in [1.82, 2.24) is 28.9 Å². The lowest BCUT2D eigenvalue weighted by Crippen LogP contribution is -2.30. The van der Waals surface area contributed by atoms with Gasteiger partial charge in [0.2, 0.25) is 6.19 Å². The summed E-state index contributed by atoms with van der Waals surface area (Å²) < 4.78 is 49.7. The van der Waals surface area contributed by atoms with E-state index in [2.05, 4.69) is 15.3 Å². The van der Waals surface area contributed by atoms with Gasteiger partial charge in [0.25, 0.3) is 5.56 Å². The lowest BCUT2D eigenvalue weighted by molar-refractivity contribution is -0.142. The minimum atomic E-state index is -4.92. The van der Waals surface area contributed by atoms with Crippen molar-refractivity contribution in [3.8, 4) is 17.6 Å². The molecule has 9 nitrogen and oxygen atoms in total. The summed E-state index contributed by atoms with van der Waals surface area (Å²) in [5, 5.41) is 15.8. The summed E-state index contributed by atoms with van der Waals surface area (Å²) in [4.78, 5) is 17.7. The molecule has 5 rings (SSSR count). The third kappa shape index (κ3) is 2.73. The number of rotatable bonds is 2. The first-order valence-corrected chi connectivity index (χ1v) is 9.38. The number of imidazole rings is 1. The predicted octanol–water partition coefficient (Wildman–Crippen LogP) is 2.61. The number of aromatic nitrogens is 6. The van der Waals surface area contributed by atoms with Crippen LogP contribution in [0.15, 0.2) is 35.4 Å². The number of nitriles is 1. The molecular weight excluding hydrogens is 415 g/mol. The van der Waals surface area contributed by atoms with E-state index in [-0.39, 0.29) is 28.0 Å². The van der Waals surface area contributed by atoms with E-state index in [0.29, 0.717) is 24.1 Å². The normalized spacial score (nSPS) is 19.3. The van der Waals surface area contributed by atoms with Crippen molar-refractivity contribution in [2.45, 2.75) is 31.7 Å². The Morgan fingerprint density at radius 2 is 1.97 bits per heavy atom. The van der Waals surface area contributed by atoms with E-state index >= 15 is 0 Å². The Morgan fingerprint density at radius 1 is 1.23 bits per heavy atom. The van der Waals surface area contributed by atoms with E-state index in [4.69, 9.17) is 10.00 Å². The maximum Gasteiger partial charge on any atom is 0.436 e. The van der Waals surface area contributed by atoms with Crippen LogP contribution in [0.25, 0.3) is 27.9 Å². The molecule has 0 radical (unpaired) electrons. The summed E-state index contributed by atoms with van der Waals surface area (Å²) in [5.41, 5.74) is -1.73. The highest BCUT2D eigenvalue weighted by Gasteiger charge is 2.42. The van der Waals surface area contributed by atoms with Crippen LogP contribution < -0.4 is 5.56 Å². The zero-order chi connectivity index (χ0) is 21.9. The monoisotopic (exact) mass is 429 g/mol. The zero-order valence-electron chi connectivity index (χ0n) is 16.0. The second kappa shape index (κ2) is 6.64. The summed E-state index contributed by atoms with van der Waals surface area (Å²) in [5.74, 6) is 0. The fourth-order valence-electron chi connectivity index (χ4n) is 4.16. The highest BCUT2D eigenvalue weighted by atomic mass is 19.4. The van der Waals surface area contributed by atoms with E-state index in [9.17, 15) is 18.0 Å². The van der Waals surface area contributed by atoms with Crippen LogP contribution in [0.3, 0.4) is 0 Å². The first kappa shape index (κ1) is 19.3. The second-order valence-corrected chi connectivity index (χ2v) is 7.20. The standard InChI is InChI=1S/C19H14F3N7O2/c1-10-11(6-7-31-10)29-13-5-3-2-4-12(13)27-9-24-14(16(27)18(29)30)15-17(19(20,21)22)28(8-23)26-25-15/h2-5,9-11H,6-7H2,1H3. The number of para-hydroxylation sites is 2. The molecule has 0 saturated carbocycles. The number of benzene rings is 1. The van der Waals surface area contributed by atoms with Gasteiger partial charge in [0.05, 0.1) is 23.2 Å². The number of alkyl halides is 3. The molecule has 1 fully saturated rings. The van der Waals surface area contributed by atoms with Crippen molar-refractivity contribution >= 4 is 16.6 Å². The molecule has 0 aliphatic carbocycles. The summed E-state index contributed by atoms with van der Waals surface area (Å²) in [7, 11) is 0. The van der Waals surface area contributed by atoms with E-state index in [1.54, 1.807) is 28.8 Å². The number of halogens is 3. The van der Waals surface area contributed by atoms with Gasteiger partial charge in [0, 0.05) is 6.61 Å². The van der Waals surface area contributed by atoms with Gasteiger partial charge in [-0.25, -0.2) is 4.98 Å². The summed E-state index contributed by atoms with van der Waals surface area (Å²) >= 11 is 0. The molecule has 1 aliphatic heterocycles. The Bertz CT molecular complexity index is 1430. The molecule has 2 unspecified atom stereocenters. The molecule has 12 heteroatoms. The number of ether oxygens (including phenoxy) is 1. The van der Waals surface area contributed by atoms with Gasteiger partial charge in [-0.3, -0.25) is 13.8 Å². The van der Waals surface area contributed by atoms with Gasteiger partial charge in [-0.05, 0) is 25.5 Å². The van der Waals surface area contributed by atoms with E-state index in [1.165, 1.54) is 16.9 Å². The highest BCUT2D eigenvalue weighted by Crippen LogP contribution is 2.37. The third-order valence-electron chi connectivity index (χ3n) is 5.52. The smallest absolute Gasteiger partial charge is 0.376 e. The van der Waals surface area contributed by atoms with E-state index in [0.717, 1.165) is 0 Å². The minimum Gasteiger partial charge on any atom is -0.376 e. The number of nitrogens with zero attached hydrogens (tertiary/aromatic N) is 7. The molecule has 1 aromatic carbocycles. The van der Waals surface area contributed by atoms with Crippen LogP contribution in [0.2, 0.25) is 0 Å². The molecular formula is C19H14F3N7O2. The molecule has 0 amide bonds. The molecule has 2 atom stereocenters. The van der Waals surface area contributed by atoms with Crippen molar-refractivity contribution in [3.05, 3.63) is 46.6 Å².